The zero-order valence-corrected chi connectivity index (χ0v) is 8.99. The summed E-state index contributed by atoms with van der Waals surface area (Å²) in [6.45, 7) is 0. The molecule has 0 heterocycles. The Hall–Kier alpha value is -1.17. The molecule has 13 heteroatoms. The molecule has 0 bridgehead atoms. The average Bonchev–Trinajstić information content (AvgIpc) is 2.31. The maximum absolute atomic E-state index is 13.2. The van der Waals surface area contributed by atoms with Crippen molar-refractivity contribution < 1.29 is 57.1 Å². The molecular formula is C8HF13. The van der Waals surface area contributed by atoms with Gasteiger partial charge in [0.05, 0.1) is 5.57 Å². The van der Waals surface area contributed by atoms with Crippen LogP contribution < -0.4 is 0 Å². The third-order valence-corrected chi connectivity index (χ3v) is 2.63. The van der Waals surface area contributed by atoms with Gasteiger partial charge in [0.15, 0.2) is 0 Å². The van der Waals surface area contributed by atoms with E-state index in [1.165, 1.54) is 0 Å². The van der Waals surface area contributed by atoms with E-state index < -0.39 is 47.4 Å². The molecule has 21 heavy (non-hydrogen) atoms. The van der Waals surface area contributed by atoms with Gasteiger partial charge in [-0.1, -0.05) is 0 Å². The molecule has 0 saturated carbocycles. The minimum atomic E-state index is -7.21. The molecule has 0 atom stereocenters. The molecular weight excluding hydrogens is 343 g/mol. The zero-order chi connectivity index (χ0) is 17.3. The van der Waals surface area contributed by atoms with Gasteiger partial charge in [0.1, 0.15) is 0 Å². The number of hydrogen-bond donors (Lipinski definition) is 0. The van der Waals surface area contributed by atoms with Crippen LogP contribution in [0.3, 0.4) is 0 Å². The summed E-state index contributed by atoms with van der Waals surface area (Å²) in [5.41, 5.74) is -11.1. The second-order valence-corrected chi connectivity index (χ2v) is 3.98. The molecule has 0 radical (unpaired) electrons. The molecule has 0 unspecified atom stereocenters. The van der Waals surface area contributed by atoms with Gasteiger partial charge in [-0.3, -0.25) is 0 Å². The number of halogens is 13. The molecule has 0 saturated heterocycles. The number of rotatable bonds is 1. The van der Waals surface area contributed by atoms with E-state index in [2.05, 4.69) is 0 Å². The highest BCUT2D eigenvalue weighted by Gasteiger charge is 2.87. The molecule has 0 aliphatic heterocycles. The minimum absolute atomic E-state index is 2.03. The highest BCUT2D eigenvalue weighted by molar-refractivity contribution is 5.41. The lowest BCUT2D eigenvalue weighted by molar-refractivity contribution is -0.340. The van der Waals surface area contributed by atoms with E-state index in [0.29, 0.717) is 0 Å². The van der Waals surface area contributed by atoms with E-state index in [9.17, 15) is 57.1 Å². The summed E-state index contributed by atoms with van der Waals surface area (Å²) in [4.78, 5) is 0. The Morgan fingerprint density at radius 1 is 0.667 bits per heavy atom. The fraction of sp³-hybridized carbons (Fsp3) is 0.750. The highest BCUT2D eigenvalue weighted by Crippen LogP contribution is 2.63. The van der Waals surface area contributed by atoms with Crippen LogP contribution in [0.25, 0.3) is 0 Å². The van der Waals surface area contributed by atoms with Gasteiger partial charge >= 0.3 is 35.8 Å². The second kappa shape index (κ2) is 3.97. The Morgan fingerprint density at radius 2 is 1.00 bits per heavy atom. The van der Waals surface area contributed by atoms with E-state index in [-0.39, 0.29) is 0 Å². The summed E-state index contributed by atoms with van der Waals surface area (Å²) in [5.74, 6) is -19.4. The molecule has 1 aliphatic carbocycles. The molecule has 0 spiro atoms. The normalized spacial score (nSPS) is 24.9. The van der Waals surface area contributed by atoms with Crippen LogP contribution in [0.5, 0.6) is 0 Å². The van der Waals surface area contributed by atoms with Gasteiger partial charge in [0.25, 0.3) is 0 Å². The van der Waals surface area contributed by atoms with Crippen molar-refractivity contribution in [3.05, 3.63) is 11.6 Å². The van der Waals surface area contributed by atoms with Crippen LogP contribution >= 0.6 is 0 Å². The van der Waals surface area contributed by atoms with E-state index in [4.69, 9.17) is 0 Å². The topological polar surface area (TPSA) is 0 Å². The Labute approximate surface area is 106 Å². The third-order valence-electron chi connectivity index (χ3n) is 2.63. The van der Waals surface area contributed by atoms with Crippen LogP contribution in [-0.4, -0.2) is 35.8 Å². The van der Waals surface area contributed by atoms with Crippen molar-refractivity contribution in [2.75, 3.05) is 0 Å². The lowest BCUT2D eigenvalue weighted by atomic mass is 9.90. The van der Waals surface area contributed by atoms with Gasteiger partial charge in [-0.15, -0.1) is 0 Å². The molecule has 0 nitrogen and oxygen atoms in total. The van der Waals surface area contributed by atoms with Crippen molar-refractivity contribution in [3.8, 4) is 0 Å². The number of allylic oxidation sites excluding steroid dienone is 2. The van der Waals surface area contributed by atoms with Gasteiger partial charge in [-0.05, 0) is 0 Å². The van der Waals surface area contributed by atoms with Gasteiger partial charge in [0.2, 0.25) is 0 Å². The van der Waals surface area contributed by atoms with Crippen LogP contribution in [0.1, 0.15) is 0 Å². The first-order valence-electron chi connectivity index (χ1n) is 4.53. The maximum Gasteiger partial charge on any atom is 0.435 e. The van der Waals surface area contributed by atoms with Crippen LogP contribution in [-0.2, 0) is 0 Å². The van der Waals surface area contributed by atoms with Gasteiger partial charge in [-0.2, -0.15) is 52.7 Å². The Kier molecular flexibility index (Phi) is 3.38. The first kappa shape index (κ1) is 17.9. The summed E-state index contributed by atoms with van der Waals surface area (Å²) in [6.07, 6.45) is -16.5. The third kappa shape index (κ3) is 1.99. The van der Waals surface area contributed by atoms with Crippen LogP contribution in [0, 0.1) is 0 Å². The maximum atomic E-state index is 13.2. The first-order chi connectivity index (χ1) is 8.84. The second-order valence-electron chi connectivity index (χ2n) is 3.98. The van der Waals surface area contributed by atoms with Gasteiger partial charge < -0.3 is 0 Å². The van der Waals surface area contributed by atoms with E-state index >= 15 is 0 Å². The fourth-order valence-corrected chi connectivity index (χ4v) is 1.52. The van der Waals surface area contributed by atoms with Crippen LogP contribution in [0.4, 0.5) is 57.1 Å². The van der Waals surface area contributed by atoms with Crippen LogP contribution in [0.15, 0.2) is 11.6 Å². The van der Waals surface area contributed by atoms with Crippen molar-refractivity contribution in [1.29, 1.82) is 0 Å². The highest BCUT2D eigenvalue weighted by atomic mass is 19.4. The quantitative estimate of drug-likeness (QED) is 0.479. The lowest BCUT2D eigenvalue weighted by Gasteiger charge is -2.34. The summed E-state index contributed by atoms with van der Waals surface area (Å²) >= 11 is 0. The molecule has 1 aliphatic rings. The molecule has 0 aromatic rings. The molecule has 124 valence electrons. The smallest absolute Gasteiger partial charge is 0.218 e. The zero-order valence-electron chi connectivity index (χ0n) is 8.99. The standard InChI is InChI=1S/C8HF13/c9-3(10)1-2(5(12,13)6(3,14)15)4(11,7(16,17)18)8(19,20)21/h1H. The predicted octanol–water partition coefficient (Wildman–Crippen LogP) is 4.67. The Balaban J connectivity index is 3.71. The monoisotopic (exact) mass is 344 g/mol. The van der Waals surface area contributed by atoms with Crippen molar-refractivity contribution in [2.45, 2.75) is 35.8 Å². The summed E-state index contributed by atoms with van der Waals surface area (Å²) < 4.78 is 162. The molecule has 0 fully saturated rings. The molecule has 0 aromatic carbocycles. The summed E-state index contributed by atoms with van der Waals surface area (Å²) in [7, 11) is 0. The van der Waals surface area contributed by atoms with E-state index in [1.807, 2.05) is 0 Å². The van der Waals surface area contributed by atoms with Crippen molar-refractivity contribution in [2.24, 2.45) is 0 Å². The molecule has 1 rings (SSSR count). The average molecular weight is 344 g/mol. The summed E-state index contributed by atoms with van der Waals surface area (Å²) in [5, 5.41) is 0. The SMILES string of the molecule is FC(F)(F)C(F)(C1=CC(F)(F)C(F)(F)C1(F)F)C(F)(F)F. The van der Waals surface area contributed by atoms with E-state index in [0.717, 1.165) is 0 Å². The fourth-order valence-electron chi connectivity index (χ4n) is 1.52. The van der Waals surface area contributed by atoms with E-state index in [1.54, 1.807) is 0 Å². The predicted molar refractivity (Wildman–Crippen MR) is 38.9 cm³/mol. The molecule has 0 amide bonds. The largest absolute Gasteiger partial charge is 0.435 e. The van der Waals surface area contributed by atoms with Crippen molar-refractivity contribution in [1.82, 2.24) is 0 Å². The summed E-state index contributed by atoms with van der Waals surface area (Å²) in [6, 6.07) is 0. The van der Waals surface area contributed by atoms with Gasteiger partial charge in [-0.25, -0.2) is 4.39 Å². The minimum Gasteiger partial charge on any atom is -0.218 e. The Morgan fingerprint density at radius 3 is 1.19 bits per heavy atom. The Bertz CT molecular complexity index is 448. The first-order valence-corrected chi connectivity index (χ1v) is 4.53. The molecule has 0 N–H and O–H groups in total. The van der Waals surface area contributed by atoms with Crippen LogP contribution in [0.2, 0.25) is 0 Å². The number of alkyl halides is 13. The van der Waals surface area contributed by atoms with Gasteiger partial charge in [0, 0.05) is 6.08 Å². The van der Waals surface area contributed by atoms with Crippen molar-refractivity contribution in [3.63, 3.8) is 0 Å². The lowest BCUT2D eigenvalue weighted by Crippen LogP contribution is -2.60. The van der Waals surface area contributed by atoms with Crippen molar-refractivity contribution >= 4 is 0 Å². The number of hydrogen-bond acceptors (Lipinski definition) is 0. The molecule has 0 aromatic heterocycles.